The lowest BCUT2D eigenvalue weighted by Crippen LogP contribution is -2.15. The van der Waals surface area contributed by atoms with Gasteiger partial charge in [-0.1, -0.05) is 26.8 Å². The Kier molecular flexibility index (Phi) is 4.95. The van der Waals surface area contributed by atoms with E-state index in [0.717, 1.165) is 12.0 Å². The standard InChI is InChI=1S/C15H22O4/c1-15(2,3)9-10-6-7-12(18-4)11(8-10)13(16)14(17)19-5/h6-8,13,16H,9H2,1-5H3. The summed E-state index contributed by atoms with van der Waals surface area (Å²) >= 11 is 0. The van der Waals surface area contributed by atoms with E-state index in [2.05, 4.69) is 25.5 Å². The van der Waals surface area contributed by atoms with Gasteiger partial charge >= 0.3 is 5.97 Å². The molecule has 0 saturated carbocycles. The molecular weight excluding hydrogens is 244 g/mol. The van der Waals surface area contributed by atoms with Crippen LogP contribution < -0.4 is 4.74 Å². The second kappa shape index (κ2) is 6.06. The lowest BCUT2D eigenvalue weighted by atomic mass is 9.87. The third-order valence-electron chi connectivity index (χ3n) is 2.75. The number of carbonyl (C=O) groups excluding carboxylic acids is 1. The Hall–Kier alpha value is -1.55. The van der Waals surface area contributed by atoms with Crippen molar-refractivity contribution < 1.29 is 19.4 Å². The van der Waals surface area contributed by atoms with Gasteiger partial charge in [0.05, 0.1) is 14.2 Å². The zero-order valence-corrected chi connectivity index (χ0v) is 12.2. The minimum Gasteiger partial charge on any atom is -0.496 e. The summed E-state index contributed by atoms with van der Waals surface area (Å²) in [7, 11) is 2.75. The van der Waals surface area contributed by atoms with Crippen LogP contribution in [0.3, 0.4) is 0 Å². The third kappa shape index (κ3) is 4.24. The highest BCUT2D eigenvalue weighted by Gasteiger charge is 2.23. The van der Waals surface area contributed by atoms with Crippen LogP contribution in [0.15, 0.2) is 18.2 Å². The highest BCUT2D eigenvalue weighted by Crippen LogP contribution is 2.29. The number of benzene rings is 1. The van der Waals surface area contributed by atoms with E-state index < -0.39 is 12.1 Å². The molecule has 0 aliphatic rings. The van der Waals surface area contributed by atoms with Crippen molar-refractivity contribution >= 4 is 5.97 Å². The minimum atomic E-state index is -1.32. The van der Waals surface area contributed by atoms with Crippen molar-refractivity contribution in [3.63, 3.8) is 0 Å². The number of methoxy groups -OCH3 is 2. The molecule has 1 rings (SSSR count). The monoisotopic (exact) mass is 266 g/mol. The van der Waals surface area contributed by atoms with Gasteiger partial charge in [-0.3, -0.25) is 0 Å². The Labute approximate surface area is 114 Å². The quantitative estimate of drug-likeness (QED) is 0.851. The van der Waals surface area contributed by atoms with Crippen LogP contribution in [0.5, 0.6) is 5.75 Å². The second-order valence-electron chi connectivity index (χ2n) is 5.74. The van der Waals surface area contributed by atoms with E-state index in [-0.39, 0.29) is 5.41 Å². The molecule has 1 atom stereocenters. The number of aliphatic hydroxyl groups is 1. The van der Waals surface area contributed by atoms with Crippen LogP contribution in [-0.4, -0.2) is 25.3 Å². The van der Waals surface area contributed by atoms with E-state index >= 15 is 0 Å². The molecule has 106 valence electrons. The van der Waals surface area contributed by atoms with Crippen LogP contribution in [-0.2, 0) is 16.0 Å². The summed E-state index contributed by atoms with van der Waals surface area (Å²) in [5.41, 5.74) is 1.62. The largest absolute Gasteiger partial charge is 0.496 e. The molecule has 0 heterocycles. The normalized spacial score (nSPS) is 12.9. The molecule has 19 heavy (non-hydrogen) atoms. The van der Waals surface area contributed by atoms with Gasteiger partial charge in [-0.05, 0) is 29.5 Å². The van der Waals surface area contributed by atoms with Gasteiger partial charge in [-0.2, -0.15) is 0 Å². The fraction of sp³-hybridized carbons (Fsp3) is 0.533. The van der Waals surface area contributed by atoms with E-state index in [4.69, 9.17) is 4.74 Å². The van der Waals surface area contributed by atoms with Gasteiger partial charge in [-0.15, -0.1) is 0 Å². The van der Waals surface area contributed by atoms with Crippen LogP contribution in [0.25, 0.3) is 0 Å². The number of hydrogen-bond donors (Lipinski definition) is 1. The summed E-state index contributed by atoms with van der Waals surface area (Å²) in [4.78, 5) is 11.4. The summed E-state index contributed by atoms with van der Waals surface area (Å²) in [5.74, 6) is -0.207. The first-order valence-electron chi connectivity index (χ1n) is 6.21. The van der Waals surface area contributed by atoms with E-state index in [0.29, 0.717) is 11.3 Å². The fourth-order valence-corrected chi connectivity index (χ4v) is 1.96. The minimum absolute atomic E-state index is 0.127. The molecule has 1 unspecified atom stereocenters. The highest BCUT2D eigenvalue weighted by atomic mass is 16.5. The average molecular weight is 266 g/mol. The van der Waals surface area contributed by atoms with Crippen LogP contribution in [0.1, 0.15) is 38.0 Å². The number of hydrogen-bond acceptors (Lipinski definition) is 4. The number of rotatable bonds is 4. The lowest BCUT2D eigenvalue weighted by molar-refractivity contribution is -0.150. The number of ether oxygens (including phenoxy) is 2. The molecule has 0 aromatic heterocycles. The molecule has 0 amide bonds. The molecule has 0 radical (unpaired) electrons. The second-order valence-corrected chi connectivity index (χ2v) is 5.74. The van der Waals surface area contributed by atoms with Crippen LogP contribution in [0.4, 0.5) is 0 Å². The van der Waals surface area contributed by atoms with Crippen molar-refractivity contribution in [1.82, 2.24) is 0 Å². The molecule has 0 fully saturated rings. The molecule has 1 aromatic carbocycles. The maximum atomic E-state index is 11.4. The van der Waals surface area contributed by atoms with E-state index in [1.54, 1.807) is 12.1 Å². The van der Waals surface area contributed by atoms with Crippen molar-refractivity contribution in [2.24, 2.45) is 5.41 Å². The Morgan fingerprint density at radius 1 is 1.32 bits per heavy atom. The molecule has 4 heteroatoms. The summed E-state index contributed by atoms with van der Waals surface area (Å²) in [6.07, 6.45) is -0.474. The third-order valence-corrected chi connectivity index (χ3v) is 2.75. The number of aliphatic hydroxyl groups excluding tert-OH is 1. The van der Waals surface area contributed by atoms with Gasteiger partial charge in [0.15, 0.2) is 6.10 Å². The van der Waals surface area contributed by atoms with E-state index in [9.17, 15) is 9.90 Å². The average Bonchev–Trinajstić information content (AvgIpc) is 2.35. The van der Waals surface area contributed by atoms with Crippen molar-refractivity contribution in [1.29, 1.82) is 0 Å². The fourth-order valence-electron chi connectivity index (χ4n) is 1.96. The van der Waals surface area contributed by atoms with E-state index in [1.165, 1.54) is 14.2 Å². The maximum Gasteiger partial charge on any atom is 0.339 e. The Morgan fingerprint density at radius 3 is 2.42 bits per heavy atom. The zero-order chi connectivity index (χ0) is 14.6. The molecule has 0 bridgehead atoms. The predicted molar refractivity (Wildman–Crippen MR) is 73.1 cm³/mol. The predicted octanol–water partition coefficient (Wildman–Crippen LogP) is 2.49. The zero-order valence-electron chi connectivity index (χ0n) is 12.2. The van der Waals surface area contributed by atoms with Gasteiger partial charge in [0.1, 0.15) is 5.75 Å². The topological polar surface area (TPSA) is 55.8 Å². The smallest absolute Gasteiger partial charge is 0.339 e. The maximum absolute atomic E-state index is 11.4. The van der Waals surface area contributed by atoms with Gasteiger partial charge < -0.3 is 14.6 Å². The van der Waals surface area contributed by atoms with Gasteiger partial charge in [0.2, 0.25) is 0 Å². The van der Waals surface area contributed by atoms with Crippen molar-refractivity contribution in [3.8, 4) is 5.75 Å². The van der Waals surface area contributed by atoms with E-state index in [1.807, 2.05) is 6.07 Å². The highest BCUT2D eigenvalue weighted by molar-refractivity contribution is 5.77. The van der Waals surface area contributed by atoms with Gasteiger partial charge in [0.25, 0.3) is 0 Å². The Morgan fingerprint density at radius 2 is 1.95 bits per heavy atom. The molecule has 0 aliphatic heterocycles. The summed E-state index contributed by atoms with van der Waals surface area (Å²) in [5, 5.41) is 9.97. The van der Waals surface area contributed by atoms with Crippen molar-refractivity contribution in [2.75, 3.05) is 14.2 Å². The first-order valence-corrected chi connectivity index (χ1v) is 6.21. The van der Waals surface area contributed by atoms with Crippen LogP contribution in [0, 0.1) is 5.41 Å². The van der Waals surface area contributed by atoms with Gasteiger partial charge in [0, 0.05) is 5.56 Å². The summed E-state index contributed by atoms with van der Waals surface area (Å²) in [6.45, 7) is 6.40. The Balaban J connectivity index is 3.13. The van der Waals surface area contributed by atoms with Crippen molar-refractivity contribution in [2.45, 2.75) is 33.3 Å². The SMILES string of the molecule is COC(=O)C(O)c1cc(CC(C)(C)C)ccc1OC. The molecule has 1 N–H and O–H groups in total. The number of carbonyl (C=O) groups is 1. The molecular formula is C15H22O4. The Bertz CT molecular complexity index is 446. The van der Waals surface area contributed by atoms with Crippen LogP contribution in [0.2, 0.25) is 0 Å². The summed E-state index contributed by atoms with van der Waals surface area (Å²) < 4.78 is 9.74. The molecule has 0 saturated heterocycles. The summed E-state index contributed by atoms with van der Waals surface area (Å²) in [6, 6.07) is 5.51. The molecule has 0 aliphatic carbocycles. The first-order chi connectivity index (χ1) is 8.78. The lowest BCUT2D eigenvalue weighted by Gasteiger charge is -2.20. The number of esters is 1. The molecule has 1 aromatic rings. The molecule has 4 nitrogen and oxygen atoms in total. The van der Waals surface area contributed by atoms with Crippen molar-refractivity contribution in [3.05, 3.63) is 29.3 Å². The van der Waals surface area contributed by atoms with Gasteiger partial charge in [-0.25, -0.2) is 4.79 Å². The molecule has 0 spiro atoms. The van der Waals surface area contributed by atoms with Crippen LogP contribution >= 0.6 is 0 Å². The first kappa shape index (κ1) is 15.5.